The van der Waals surface area contributed by atoms with Crippen molar-refractivity contribution in [3.05, 3.63) is 58.7 Å². The van der Waals surface area contributed by atoms with Crippen LogP contribution in [0.2, 0.25) is 0 Å². The first kappa shape index (κ1) is 22.8. The van der Waals surface area contributed by atoms with Crippen LogP contribution in [0.4, 0.5) is 0 Å². The minimum absolute atomic E-state index is 0.0757. The third kappa shape index (κ3) is 4.67. The quantitative estimate of drug-likeness (QED) is 0.719. The molecule has 1 heterocycles. The molecule has 2 aliphatic rings. The highest BCUT2D eigenvalue weighted by atomic mass is 32.2. The van der Waals surface area contributed by atoms with Gasteiger partial charge in [-0.3, -0.25) is 4.79 Å². The summed E-state index contributed by atoms with van der Waals surface area (Å²) in [5.41, 5.74) is 3.98. The van der Waals surface area contributed by atoms with Crippen LogP contribution in [-0.4, -0.2) is 52.0 Å². The molecule has 32 heavy (non-hydrogen) atoms. The Labute approximate surface area is 189 Å². The molecule has 1 fully saturated rings. The van der Waals surface area contributed by atoms with E-state index in [-0.39, 0.29) is 22.4 Å². The minimum atomic E-state index is -3.72. The van der Waals surface area contributed by atoms with Crippen LogP contribution in [0, 0.1) is 0 Å². The number of ether oxygens (including phenoxy) is 2. The fourth-order valence-electron chi connectivity index (χ4n) is 4.34. The van der Waals surface area contributed by atoms with Crippen LogP contribution in [0.15, 0.2) is 41.3 Å². The topological polar surface area (TPSA) is 84.9 Å². The summed E-state index contributed by atoms with van der Waals surface area (Å²) in [5.74, 6) is -0.0350. The van der Waals surface area contributed by atoms with Gasteiger partial charge in [0.2, 0.25) is 10.0 Å². The van der Waals surface area contributed by atoms with Crippen molar-refractivity contribution >= 4 is 15.9 Å². The number of amides is 1. The minimum Gasteiger partial charge on any atom is -0.496 e. The second-order valence-electron chi connectivity index (χ2n) is 8.31. The molecule has 1 N–H and O–H groups in total. The van der Waals surface area contributed by atoms with E-state index in [0.717, 1.165) is 18.4 Å². The summed E-state index contributed by atoms with van der Waals surface area (Å²) in [4.78, 5) is 13.2. The predicted octanol–water partition coefficient (Wildman–Crippen LogP) is 3.09. The number of rotatable bonds is 6. The van der Waals surface area contributed by atoms with Gasteiger partial charge in [-0.1, -0.05) is 18.2 Å². The van der Waals surface area contributed by atoms with Gasteiger partial charge >= 0.3 is 0 Å². The van der Waals surface area contributed by atoms with Gasteiger partial charge in [0.1, 0.15) is 5.75 Å². The monoisotopic (exact) mass is 458 g/mol. The molecule has 4 rings (SSSR count). The van der Waals surface area contributed by atoms with Crippen LogP contribution in [0.3, 0.4) is 0 Å². The van der Waals surface area contributed by atoms with Gasteiger partial charge in [0.25, 0.3) is 5.91 Å². The molecule has 1 aliphatic carbocycles. The molecule has 0 aromatic heterocycles. The smallest absolute Gasteiger partial charge is 0.255 e. The zero-order valence-electron chi connectivity index (χ0n) is 18.6. The summed E-state index contributed by atoms with van der Waals surface area (Å²) in [6.45, 7) is 3.25. The normalized spacial score (nSPS) is 17.9. The molecule has 7 nitrogen and oxygen atoms in total. The molecule has 1 atom stereocenters. The number of fused-ring (bicyclic) bond motifs is 1. The fraction of sp³-hybridized carbons (Fsp3) is 0.458. The molecule has 8 heteroatoms. The Morgan fingerprint density at radius 3 is 2.50 bits per heavy atom. The van der Waals surface area contributed by atoms with E-state index in [1.165, 1.54) is 53.6 Å². The number of aryl methyl sites for hydroxylation is 2. The largest absolute Gasteiger partial charge is 0.496 e. The number of hydrogen-bond acceptors (Lipinski definition) is 5. The van der Waals surface area contributed by atoms with Gasteiger partial charge < -0.3 is 14.8 Å². The number of nitrogens with one attached hydrogen (secondary N) is 1. The third-order valence-electron chi connectivity index (χ3n) is 6.24. The number of nitrogens with zero attached hydrogens (tertiary/aromatic N) is 1. The maximum atomic E-state index is 13.1. The molecular weight excluding hydrogens is 428 g/mol. The van der Waals surface area contributed by atoms with E-state index in [9.17, 15) is 13.2 Å². The van der Waals surface area contributed by atoms with Crippen molar-refractivity contribution in [1.29, 1.82) is 0 Å². The molecule has 1 amide bonds. The highest BCUT2D eigenvalue weighted by Gasteiger charge is 2.28. The molecule has 1 saturated heterocycles. The van der Waals surface area contributed by atoms with E-state index in [1.807, 2.05) is 6.92 Å². The fourth-order valence-corrected chi connectivity index (χ4v) is 5.78. The van der Waals surface area contributed by atoms with Crippen molar-refractivity contribution in [2.24, 2.45) is 0 Å². The van der Waals surface area contributed by atoms with E-state index in [2.05, 4.69) is 23.5 Å². The van der Waals surface area contributed by atoms with Crippen LogP contribution in [0.25, 0.3) is 0 Å². The molecule has 0 unspecified atom stereocenters. The SMILES string of the molecule is COc1ccc(S(=O)(=O)N2CCOCC2)cc1C(=O)N[C@@H](C)c1ccc2c(c1)CCCC2. The first-order valence-corrected chi connectivity index (χ1v) is 12.5. The van der Waals surface area contributed by atoms with Crippen LogP contribution < -0.4 is 10.1 Å². The van der Waals surface area contributed by atoms with Crippen molar-refractivity contribution in [2.45, 2.75) is 43.5 Å². The average Bonchev–Trinajstić information content (AvgIpc) is 2.83. The number of carbonyl (C=O) groups is 1. The zero-order chi connectivity index (χ0) is 22.7. The van der Waals surface area contributed by atoms with Crippen molar-refractivity contribution in [3.63, 3.8) is 0 Å². The summed E-state index contributed by atoms with van der Waals surface area (Å²) in [6.07, 6.45) is 4.60. The lowest BCUT2D eigenvalue weighted by atomic mass is 9.89. The van der Waals surface area contributed by atoms with E-state index >= 15 is 0 Å². The summed E-state index contributed by atoms with van der Waals surface area (Å²) < 4.78 is 38.1. The summed E-state index contributed by atoms with van der Waals surface area (Å²) in [5, 5.41) is 3.00. The van der Waals surface area contributed by atoms with Crippen LogP contribution in [-0.2, 0) is 27.6 Å². The summed E-state index contributed by atoms with van der Waals surface area (Å²) in [6, 6.07) is 10.6. The van der Waals surface area contributed by atoms with Crippen molar-refractivity contribution in [3.8, 4) is 5.75 Å². The standard InChI is InChI=1S/C24H30N2O5S/c1-17(19-8-7-18-5-3-4-6-20(18)15-19)25-24(27)22-16-21(9-10-23(22)30-2)32(28,29)26-11-13-31-14-12-26/h7-10,15-17H,3-6,11-14H2,1-2H3,(H,25,27)/t17-/m0/s1. The van der Waals surface area contributed by atoms with Gasteiger partial charge in [0.15, 0.2) is 0 Å². The number of methoxy groups -OCH3 is 1. The molecular formula is C24H30N2O5S. The van der Waals surface area contributed by atoms with Crippen LogP contribution in [0.5, 0.6) is 5.75 Å². The lowest BCUT2D eigenvalue weighted by Crippen LogP contribution is -2.40. The molecule has 0 spiro atoms. The Morgan fingerprint density at radius 2 is 1.78 bits per heavy atom. The predicted molar refractivity (Wildman–Crippen MR) is 122 cm³/mol. The van der Waals surface area contributed by atoms with Gasteiger partial charge in [0.05, 0.1) is 36.8 Å². The highest BCUT2D eigenvalue weighted by Crippen LogP contribution is 2.27. The van der Waals surface area contributed by atoms with Gasteiger partial charge in [-0.2, -0.15) is 4.31 Å². The van der Waals surface area contributed by atoms with E-state index in [0.29, 0.717) is 32.1 Å². The third-order valence-corrected chi connectivity index (χ3v) is 8.14. The van der Waals surface area contributed by atoms with E-state index in [4.69, 9.17) is 9.47 Å². The Hall–Kier alpha value is -2.42. The van der Waals surface area contributed by atoms with Crippen LogP contribution >= 0.6 is 0 Å². The zero-order valence-corrected chi connectivity index (χ0v) is 19.4. The molecule has 172 valence electrons. The second kappa shape index (κ2) is 9.60. The number of benzene rings is 2. The Morgan fingerprint density at radius 1 is 1.06 bits per heavy atom. The van der Waals surface area contributed by atoms with E-state index < -0.39 is 10.0 Å². The Bertz CT molecular complexity index is 1090. The number of sulfonamides is 1. The van der Waals surface area contributed by atoms with Crippen molar-refractivity contribution in [1.82, 2.24) is 9.62 Å². The van der Waals surface area contributed by atoms with Crippen LogP contribution in [0.1, 0.15) is 52.9 Å². The van der Waals surface area contributed by atoms with Gasteiger partial charge in [-0.15, -0.1) is 0 Å². The molecule has 2 aromatic carbocycles. The lowest BCUT2D eigenvalue weighted by molar-refractivity contribution is 0.0730. The lowest BCUT2D eigenvalue weighted by Gasteiger charge is -2.26. The number of hydrogen-bond donors (Lipinski definition) is 1. The first-order valence-electron chi connectivity index (χ1n) is 11.1. The first-order chi connectivity index (χ1) is 15.4. The van der Waals surface area contributed by atoms with Crippen molar-refractivity contribution in [2.75, 3.05) is 33.4 Å². The molecule has 0 saturated carbocycles. The molecule has 0 radical (unpaired) electrons. The Balaban J connectivity index is 1.56. The van der Waals surface area contributed by atoms with E-state index in [1.54, 1.807) is 0 Å². The van der Waals surface area contributed by atoms with Gasteiger partial charge in [-0.05, 0) is 67.5 Å². The average molecular weight is 459 g/mol. The second-order valence-corrected chi connectivity index (χ2v) is 10.2. The molecule has 1 aliphatic heterocycles. The van der Waals surface area contributed by atoms with Gasteiger partial charge in [-0.25, -0.2) is 8.42 Å². The maximum absolute atomic E-state index is 13.1. The van der Waals surface area contributed by atoms with Crippen molar-refractivity contribution < 1.29 is 22.7 Å². The highest BCUT2D eigenvalue weighted by molar-refractivity contribution is 7.89. The molecule has 2 aromatic rings. The maximum Gasteiger partial charge on any atom is 0.255 e. The number of carbonyl (C=O) groups excluding carboxylic acids is 1. The summed E-state index contributed by atoms with van der Waals surface area (Å²) >= 11 is 0. The number of morpholine rings is 1. The Kier molecular flexibility index (Phi) is 6.83. The molecule has 0 bridgehead atoms. The summed E-state index contributed by atoms with van der Waals surface area (Å²) in [7, 11) is -2.25. The van der Waals surface area contributed by atoms with Gasteiger partial charge in [0, 0.05) is 13.1 Å².